The molecule has 0 radical (unpaired) electrons. The lowest BCUT2D eigenvalue weighted by Gasteiger charge is -2.35. The van der Waals surface area contributed by atoms with Crippen LogP contribution >= 0.6 is 0 Å². The normalized spacial score (nSPS) is 13.3. The van der Waals surface area contributed by atoms with E-state index in [-0.39, 0.29) is 5.92 Å². The summed E-state index contributed by atoms with van der Waals surface area (Å²) in [6, 6.07) is 39.5. The van der Waals surface area contributed by atoms with Gasteiger partial charge in [0.05, 0.1) is 0 Å². The van der Waals surface area contributed by atoms with E-state index in [0.29, 0.717) is 0 Å². The zero-order valence-corrected chi connectivity index (χ0v) is 27.8. The summed E-state index contributed by atoms with van der Waals surface area (Å²) in [5.41, 5.74) is 17.0. The SMILES string of the molecule is Cc1cc(C)cc(-c2cccc3c2OB2Oc4c(-c5cc(C)cc(C)c5)cccc4C3c3cccc(-c4cc(C)cc(C)c4)c3O2)c1. The Morgan fingerprint density at radius 3 is 0.936 bits per heavy atom. The molecule has 0 saturated heterocycles. The first-order chi connectivity index (χ1) is 22.7. The first kappa shape index (κ1) is 29.2. The average Bonchev–Trinajstić information content (AvgIpc) is 2.99. The predicted molar refractivity (Wildman–Crippen MR) is 193 cm³/mol. The molecule has 0 unspecified atom stereocenters. The summed E-state index contributed by atoms with van der Waals surface area (Å²) in [6.07, 6.45) is 0. The Morgan fingerprint density at radius 2 is 0.660 bits per heavy atom. The topological polar surface area (TPSA) is 27.7 Å². The van der Waals surface area contributed by atoms with E-state index in [9.17, 15) is 0 Å². The van der Waals surface area contributed by atoms with E-state index >= 15 is 0 Å². The van der Waals surface area contributed by atoms with Gasteiger partial charge in [-0.3, -0.25) is 0 Å². The van der Waals surface area contributed by atoms with Gasteiger partial charge in [0.1, 0.15) is 17.2 Å². The lowest BCUT2D eigenvalue weighted by Crippen LogP contribution is -2.41. The van der Waals surface area contributed by atoms with Crippen molar-refractivity contribution < 1.29 is 14.0 Å². The van der Waals surface area contributed by atoms with Crippen molar-refractivity contribution in [3.8, 4) is 50.6 Å². The molecule has 3 nitrogen and oxygen atoms in total. The Labute approximate surface area is 278 Å². The van der Waals surface area contributed by atoms with E-state index in [0.717, 1.165) is 67.3 Å². The van der Waals surface area contributed by atoms with Crippen LogP contribution in [0.5, 0.6) is 17.2 Å². The van der Waals surface area contributed by atoms with E-state index in [1.807, 2.05) is 0 Å². The van der Waals surface area contributed by atoms with Crippen molar-refractivity contribution in [3.63, 3.8) is 0 Å². The molecule has 3 aliphatic heterocycles. The summed E-state index contributed by atoms with van der Waals surface area (Å²) in [5, 5.41) is 0. The zero-order chi connectivity index (χ0) is 32.4. The maximum Gasteiger partial charge on any atom is 0.864 e. The fourth-order valence-electron chi connectivity index (χ4n) is 7.68. The van der Waals surface area contributed by atoms with Gasteiger partial charge in [-0.1, -0.05) is 143 Å². The quantitative estimate of drug-likeness (QED) is 0.186. The van der Waals surface area contributed by atoms with Gasteiger partial charge in [0.25, 0.3) is 0 Å². The molecule has 0 spiro atoms. The Balaban J connectivity index is 1.44. The molecule has 9 rings (SSSR count). The monoisotopic (exact) mass is 612 g/mol. The van der Waals surface area contributed by atoms with Crippen LogP contribution in [0.15, 0.2) is 109 Å². The number of benzene rings is 6. The van der Waals surface area contributed by atoms with Crippen molar-refractivity contribution in [3.05, 3.63) is 159 Å². The van der Waals surface area contributed by atoms with Crippen molar-refractivity contribution in [2.75, 3.05) is 0 Å². The van der Waals surface area contributed by atoms with E-state index in [1.165, 1.54) is 33.4 Å². The van der Waals surface area contributed by atoms with Gasteiger partial charge in [0, 0.05) is 39.3 Å². The molecule has 3 heterocycles. The summed E-state index contributed by atoms with van der Waals surface area (Å²) in [4.78, 5) is 0. The zero-order valence-electron chi connectivity index (χ0n) is 27.8. The Kier molecular flexibility index (Phi) is 6.98. The Morgan fingerprint density at radius 1 is 0.383 bits per heavy atom. The van der Waals surface area contributed by atoms with Crippen LogP contribution < -0.4 is 14.0 Å². The van der Waals surface area contributed by atoms with Crippen molar-refractivity contribution in [2.45, 2.75) is 47.5 Å². The van der Waals surface area contributed by atoms with Gasteiger partial charge in [0.2, 0.25) is 0 Å². The lowest BCUT2D eigenvalue weighted by atomic mass is 9.78. The summed E-state index contributed by atoms with van der Waals surface area (Å²) < 4.78 is 20.8. The molecular formula is C43H37BO3. The smallest absolute Gasteiger partial charge is 0.489 e. The van der Waals surface area contributed by atoms with Crippen LogP contribution in [0.4, 0.5) is 0 Å². The van der Waals surface area contributed by atoms with Crippen LogP contribution in [-0.2, 0) is 0 Å². The van der Waals surface area contributed by atoms with Gasteiger partial charge in [-0.05, 0) is 58.2 Å². The second-order valence-corrected chi connectivity index (χ2v) is 13.4. The van der Waals surface area contributed by atoms with E-state index in [2.05, 4.69) is 151 Å². The second kappa shape index (κ2) is 11.2. The lowest BCUT2D eigenvalue weighted by molar-refractivity contribution is 0.294. The van der Waals surface area contributed by atoms with Gasteiger partial charge in [-0.2, -0.15) is 0 Å². The van der Waals surface area contributed by atoms with Crippen molar-refractivity contribution in [1.29, 1.82) is 0 Å². The minimum Gasteiger partial charge on any atom is -0.489 e. The molecule has 47 heavy (non-hydrogen) atoms. The van der Waals surface area contributed by atoms with Crippen molar-refractivity contribution in [2.24, 2.45) is 0 Å². The van der Waals surface area contributed by atoms with Crippen LogP contribution in [0.2, 0.25) is 0 Å². The minimum atomic E-state index is -1.03. The van der Waals surface area contributed by atoms with Gasteiger partial charge in [-0.25, -0.2) is 0 Å². The predicted octanol–water partition coefficient (Wildman–Crippen LogP) is 10.9. The third-order valence-electron chi connectivity index (χ3n) is 9.31. The number of para-hydroxylation sites is 3. The molecule has 2 bridgehead atoms. The fraction of sp³-hybridized carbons (Fsp3) is 0.163. The molecular weight excluding hydrogens is 575 g/mol. The first-order valence-electron chi connectivity index (χ1n) is 16.4. The number of hydrogen-bond acceptors (Lipinski definition) is 3. The fourth-order valence-corrected chi connectivity index (χ4v) is 7.68. The van der Waals surface area contributed by atoms with Crippen LogP contribution in [0.25, 0.3) is 33.4 Å². The highest BCUT2D eigenvalue weighted by Crippen LogP contribution is 2.53. The van der Waals surface area contributed by atoms with Crippen LogP contribution in [-0.4, -0.2) is 7.32 Å². The van der Waals surface area contributed by atoms with Crippen LogP contribution in [0.1, 0.15) is 56.0 Å². The maximum absolute atomic E-state index is 6.92. The average molecular weight is 613 g/mol. The second-order valence-electron chi connectivity index (χ2n) is 13.4. The molecule has 0 fully saturated rings. The van der Waals surface area contributed by atoms with Gasteiger partial charge in [0.15, 0.2) is 0 Å². The molecule has 0 saturated carbocycles. The number of rotatable bonds is 3. The third-order valence-corrected chi connectivity index (χ3v) is 9.31. The Bertz CT molecular complexity index is 1900. The summed E-state index contributed by atoms with van der Waals surface area (Å²) in [6.45, 7) is 12.8. The van der Waals surface area contributed by atoms with Gasteiger partial charge >= 0.3 is 7.32 Å². The molecule has 6 aromatic rings. The third kappa shape index (κ3) is 5.18. The summed E-state index contributed by atoms with van der Waals surface area (Å²) in [5.74, 6) is 2.16. The van der Waals surface area contributed by atoms with E-state index in [4.69, 9.17) is 14.0 Å². The molecule has 0 aliphatic carbocycles. The summed E-state index contributed by atoms with van der Waals surface area (Å²) in [7, 11) is -1.03. The van der Waals surface area contributed by atoms with Crippen LogP contribution in [0.3, 0.4) is 0 Å². The Hall–Kier alpha value is -5.22. The van der Waals surface area contributed by atoms with Gasteiger partial charge < -0.3 is 14.0 Å². The maximum atomic E-state index is 6.92. The van der Waals surface area contributed by atoms with Crippen molar-refractivity contribution in [1.82, 2.24) is 0 Å². The first-order valence-corrected chi connectivity index (χ1v) is 16.4. The summed E-state index contributed by atoms with van der Waals surface area (Å²) >= 11 is 0. The molecule has 0 aromatic heterocycles. The largest absolute Gasteiger partial charge is 0.864 e. The minimum absolute atomic E-state index is 0.209. The molecule has 230 valence electrons. The molecule has 0 atom stereocenters. The van der Waals surface area contributed by atoms with Crippen LogP contribution in [0, 0.1) is 41.5 Å². The van der Waals surface area contributed by atoms with E-state index < -0.39 is 7.32 Å². The molecule has 0 N–H and O–H groups in total. The molecule has 3 aliphatic rings. The van der Waals surface area contributed by atoms with E-state index in [1.54, 1.807) is 0 Å². The number of hydrogen-bond donors (Lipinski definition) is 0. The molecule has 0 amide bonds. The van der Waals surface area contributed by atoms with Gasteiger partial charge in [-0.15, -0.1) is 0 Å². The molecule has 4 heteroatoms. The highest BCUT2D eigenvalue weighted by molar-refractivity contribution is 6.40. The highest BCUT2D eigenvalue weighted by Gasteiger charge is 2.44. The number of aryl methyl sites for hydroxylation is 6. The highest BCUT2D eigenvalue weighted by atomic mass is 16.7. The molecule has 6 aromatic carbocycles. The van der Waals surface area contributed by atoms with Crippen molar-refractivity contribution >= 4 is 7.32 Å². The standard InChI is InChI=1S/C43H37BO3/c1-25-16-26(2)20-31(19-25)34-10-7-13-37-40-38-14-8-11-35(32-21-27(3)17-28(4)22-32)42(38)46-44(45-41(34)37)47-43-36(12-9-15-39(40)43)33-23-29(5)18-30(6)24-33/h7-24,40H,1-6H3.